The second-order valence-corrected chi connectivity index (χ2v) is 6.30. The van der Waals surface area contributed by atoms with E-state index in [4.69, 9.17) is 4.98 Å². The standard InChI is InChI=1S/C19H21N5/c1-14-4-3-5-16(12-14)23-8-10-24(11-9-23)19-17-6-7-20-13-18(17)21-15(2)22-19/h3-7,12-13H,8-11H2,1-2H3. The van der Waals surface area contributed by atoms with Crippen LogP contribution in [0.5, 0.6) is 0 Å². The number of rotatable bonds is 2. The summed E-state index contributed by atoms with van der Waals surface area (Å²) in [4.78, 5) is 18.2. The van der Waals surface area contributed by atoms with Gasteiger partial charge in [0.2, 0.25) is 0 Å². The van der Waals surface area contributed by atoms with Gasteiger partial charge in [-0.2, -0.15) is 0 Å². The average molecular weight is 319 g/mol. The van der Waals surface area contributed by atoms with Gasteiger partial charge in [-0.1, -0.05) is 12.1 Å². The summed E-state index contributed by atoms with van der Waals surface area (Å²) in [5.41, 5.74) is 3.53. The number of piperazine rings is 1. The highest BCUT2D eigenvalue weighted by molar-refractivity contribution is 5.88. The molecule has 3 aromatic rings. The molecule has 122 valence electrons. The van der Waals surface area contributed by atoms with Crippen molar-refractivity contribution >= 4 is 22.4 Å². The molecule has 2 aromatic heterocycles. The predicted molar refractivity (Wildman–Crippen MR) is 97.7 cm³/mol. The molecule has 0 unspecified atom stereocenters. The van der Waals surface area contributed by atoms with E-state index < -0.39 is 0 Å². The number of aryl methyl sites for hydroxylation is 2. The lowest BCUT2D eigenvalue weighted by Gasteiger charge is -2.37. The second kappa shape index (κ2) is 6.07. The molecule has 0 radical (unpaired) electrons. The van der Waals surface area contributed by atoms with E-state index in [9.17, 15) is 0 Å². The maximum Gasteiger partial charge on any atom is 0.140 e. The molecule has 0 saturated carbocycles. The summed E-state index contributed by atoms with van der Waals surface area (Å²) in [6.07, 6.45) is 3.63. The van der Waals surface area contributed by atoms with Crippen LogP contribution in [-0.2, 0) is 0 Å². The molecular weight excluding hydrogens is 298 g/mol. The summed E-state index contributed by atoms with van der Waals surface area (Å²) in [5.74, 6) is 1.83. The maximum absolute atomic E-state index is 4.71. The maximum atomic E-state index is 4.71. The summed E-state index contributed by atoms with van der Waals surface area (Å²) >= 11 is 0. The smallest absolute Gasteiger partial charge is 0.140 e. The third kappa shape index (κ3) is 2.77. The lowest BCUT2D eigenvalue weighted by molar-refractivity contribution is 0.648. The molecule has 0 atom stereocenters. The summed E-state index contributed by atoms with van der Waals surface area (Å²) in [6, 6.07) is 10.7. The quantitative estimate of drug-likeness (QED) is 0.726. The van der Waals surface area contributed by atoms with Gasteiger partial charge in [-0.05, 0) is 37.6 Å². The highest BCUT2D eigenvalue weighted by Crippen LogP contribution is 2.25. The van der Waals surface area contributed by atoms with Crippen LogP contribution in [-0.4, -0.2) is 41.1 Å². The van der Waals surface area contributed by atoms with Gasteiger partial charge in [-0.25, -0.2) is 9.97 Å². The Balaban J connectivity index is 1.58. The van der Waals surface area contributed by atoms with Gasteiger partial charge in [0, 0.05) is 43.4 Å². The van der Waals surface area contributed by atoms with E-state index in [1.807, 2.05) is 25.4 Å². The highest BCUT2D eigenvalue weighted by Gasteiger charge is 2.20. The Hall–Kier alpha value is -2.69. The monoisotopic (exact) mass is 319 g/mol. The Morgan fingerprint density at radius 1 is 0.917 bits per heavy atom. The number of anilines is 2. The molecule has 5 nitrogen and oxygen atoms in total. The van der Waals surface area contributed by atoms with Crippen molar-refractivity contribution in [3.05, 3.63) is 54.1 Å². The van der Waals surface area contributed by atoms with E-state index in [1.165, 1.54) is 11.3 Å². The van der Waals surface area contributed by atoms with Crippen molar-refractivity contribution in [2.45, 2.75) is 13.8 Å². The van der Waals surface area contributed by atoms with Gasteiger partial charge in [0.05, 0.1) is 11.7 Å². The van der Waals surface area contributed by atoms with Crippen LogP contribution in [0.25, 0.3) is 10.9 Å². The van der Waals surface area contributed by atoms with Crippen LogP contribution in [0.15, 0.2) is 42.7 Å². The number of fused-ring (bicyclic) bond motifs is 1. The van der Waals surface area contributed by atoms with Crippen LogP contribution < -0.4 is 9.80 Å². The number of nitrogens with zero attached hydrogens (tertiary/aromatic N) is 5. The number of pyridine rings is 1. The van der Waals surface area contributed by atoms with Gasteiger partial charge in [-0.3, -0.25) is 4.98 Å². The van der Waals surface area contributed by atoms with Crippen LogP contribution in [0.3, 0.4) is 0 Å². The van der Waals surface area contributed by atoms with Crippen LogP contribution in [0.2, 0.25) is 0 Å². The van der Waals surface area contributed by atoms with Crippen molar-refractivity contribution in [3.8, 4) is 0 Å². The van der Waals surface area contributed by atoms with Crippen LogP contribution in [0.4, 0.5) is 11.5 Å². The summed E-state index contributed by atoms with van der Waals surface area (Å²) in [6.45, 7) is 8.00. The number of hydrogen-bond donors (Lipinski definition) is 0. The minimum atomic E-state index is 0.798. The first-order valence-electron chi connectivity index (χ1n) is 8.36. The Labute approximate surface area is 142 Å². The third-order valence-corrected chi connectivity index (χ3v) is 4.54. The van der Waals surface area contributed by atoms with Crippen molar-refractivity contribution in [2.24, 2.45) is 0 Å². The number of hydrogen-bond acceptors (Lipinski definition) is 5. The summed E-state index contributed by atoms with van der Waals surface area (Å²) in [7, 11) is 0. The van der Waals surface area contributed by atoms with Crippen molar-refractivity contribution in [3.63, 3.8) is 0 Å². The lowest BCUT2D eigenvalue weighted by Crippen LogP contribution is -2.47. The molecule has 0 amide bonds. The fourth-order valence-corrected chi connectivity index (χ4v) is 3.32. The van der Waals surface area contributed by atoms with Crippen LogP contribution in [0, 0.1) is 13.8 Å². The lowest BCUT2D eigenvalue weighted by atomic mass is 10.2. The number of benzene rings is 1. The molecular formula is C19H21N5. The van der Waals surface area contributed by atoms with E-state index in [0.29, 0.717) is 0 Å². The van der Waals surface area contributed by atoms with Gasteiger partial charge in [0.15, 0.2) is 0 Å². The molecule has 24 heavy (non-hydrogen) atoms. The SMILES string of the molecule is Cc1cccc(N2CCN(c3nc(C)nc4cnccc34)CC2)c1. The molecule has 5 heteroatoms. The fourth-order valence-electron chi connectivity index (χ4n) is 3.32. The summed E-state index contributed by atoms with van der Waals surface area (Å²) < 4.78 is 0. The van der Waals surface area contributed by atoms with Crippen molar-refractivity contribution in [1.82, 2.24) is 15.0 Å². The van der Waals surface area contributed by atoms with E-state index in [2.05, 4.69) is 51.0 Å². The van der Waals surface area contributed by atoms with Gasteiger partial charge in [0.25, 0.3) is 0 Å². The van der Waals surface area contributed by atoms with Crippen molar-refractivity contribution in [2.75, 3.05) is 36.0 Å². The third-order valence-electron chi connectivity index (χ3n) is 4.54. The normalized spacial score (nSPS) is 15.1. The van der Waals surface area contributed by atoms with Crippen LogP contribution in [0.1, 0.15) is 11.4 Å². The summed E-state index contributed by atoms with van der Waals surface area (Å²) in [5, 5.41) is 1.08. The highest BCUT2D eigenvalue weighted by atomic mass is 15.3. The van der Waals surface area contributed by atoms with Gasteiger partial charge >= 0.3 is 0 Å². The number of aromatic nitrogens is 3. The molecule has 0 bridgehead atoms. The van der Waals surface area contributed by atoms with E-state index in [1.54, 1.807) is 0 Å². The van der Waals surface area contributed by atoms with E-state index >= 15 is 0 Å². The molecule has 0 aliphatic carbocycles. The zero-order chi connectivity index (χ0) is 16.5. The van der Waals surface area contributed by atoms with Crippen molar-refractivity contribution in [1.29, 1.82) is 0 Å². The Kier molecular flexibility index (Phi) is 3.76. The first kappa shape index (κ1) is 14.9. The predicted octanol–water partition coefficient (Wildman–Crippen LogP) is 2.97. The first-order valence-corrected chi connectivity index (χ1v) is 8.36. The molecule has 1 aliphatic heterocycles. The largest absolute Gasteiger partial charge is 0.368 e. The zero-order valence-electron chi connectivity index (χ0n) is 14.1. The molecule has 0 N–H and O–H groups in total. The molecule has 1 saturated heterocycles. The molecule has 1 fully saturated rings. The van der Waals surface area contributed by atoms with Crippen LogP contribution >= 0.6 is 0 Å². The minimum absolute atomic E-state index is 0.798. The fraction of sp³-hybridized carbons (Fsp3) is 0.316. The molecule has 4 rings (SSSR count). The molecule has 3 heterocycles. The Bertz CT molecular complexity index is 869. The molecule has 0 spiro atoms. The minimum Gasteiger partial charge on any atom is -0.368 e. The first-order chi connectivity index (χ1) is 11.7. The zero-order valence-corrected chi connectivity index (χ0v) is 14.1. The Morgan fingerprint density at radius 2 is 1.71 bits per heavy atom. The van der Waals surface area contributed by atoms with E-state index in [0.717, 1.165) is 48.7 Å². The van der Waals surface area contributed by atoms with Gasteiger partial charge in [0.1, 0.15) is 11.6 Å². The van der Waals surface area contributed by atoms with Gasteiger partial charge < -0.3 is 9.80 Å². The molecule has 1 aromatic carbocycles. The van der Waals surface area contributed by atoms with Crippen molar-refractivity contribution < 1.29 is 0 Å². The Morgan fingerprint density at radius 3 is 2.50 bits per heavy atom. The molecule has 1 aliphatic rings. The second-order valence-electron chi connectivity index (χ2n) is 6.30. The van der Waals surface area contributed by atoms with E-state index in [-0.39, 0.29) is 0 Å². The van der Waals surface area contributed by atoms with Gasteiger partial charge in [-0.15, -0.1) is 0 Å². The topological polar surface area (TPSA) is 45.2 Å². The average Bonchev–Trinajstić information content (AvgIpc) is 2.61.